The zero-order chi connectivity index (χ0) is 15.9. The van der Waals surface area contributed by atoms with Crippen molar-refractivity contribution in [3.63, 3.8) is 0 Å². The number of ether oxygens (including phenoxy) is 1. The van der Waals surface area contributed by atoms with Crippen LogP contribution in [0.1, 0.15) is 44.9 Å². The second kappa shape index (κ2) is 12.3. The Hall–Kier alpha value is -0.0700. The van der Waals surface area contributed by atoms with E-state index in [2.05, 4.69) is 15.1 Å². The summed E-state index contributed by atoms with van der Waals surface area (Å²) in [6.45, 7) is 7.60. The minimum absolute atomic E-state index is 0. The minimum atomic E-state index is 0. The van der Waals surface area contributed by atoms with Gasteiger partial charge in [0.25, 0.3) is 0 Å². The molecule has 3 rings (SSSR count). The molecule has 2 aliphatic heterocycles. The quantitative estimate of drug-likeness (QED) is 0.792. The van der Waals surface area contributed by atoms with E-state index in [0.717, 1.165) is 51.7 Å². The molecular weight excluding hydrogens is 361 g/mol. The number of morpholine rings is 1. The van der Waals surface area contributed by atoms with Gasteiger partial charge in [-0.05, 0) is 31.7 Å². The van der Waals surface area contributed by atoms with E-state index in [0.29, 0.717) is 18.9 Å². The van der Waals surface area contributed by atoms with E-state index < -0.39 is 0 Å². The van der Waals surface area contributed by atoms with Crippen LogP contribution in [-0.2, 0) is 9.53 Å². The Labute approximate surface area is 165 Å². The van der Waals surface area contributed by atoms with E-state index >= 15 is 0 Å². The summed E-state index contributed by atoms with van der Waals surface area (Å²) in [7, 11) is 0. The van der Waals surface area contributed by atoms with Crippen molar-refractivity contribution in [2.24, 2.45) is 5.92 Å². The van der Waals surface area contributed by atoms with Gasteiger partial charge in [0.2, 0.25) is 5.91 Å². The molecule has 0 aromatic rings. The maximum absolute atomic E-state index is 12.5. The third kappa shape index (κ3) is 7.59. The number of hydrogen-bond acceptors (Lipinski definition) is 4. The normalized spacial score (nSPS) is 26.2. The molecule has 0 aromatic carbocycles. The molecule has 148 valence electrons. The highest BCUT2D eigenvalue weighted by Crippen LogP contribution is 2.24. The van der Waals surface area contributed by atoms with Gasteiger partial charge >= 0.3 is 0 Å². The molecule has 1 amide bonds. The number of nitrogens with one attached hydrogen (secondary N) is 1. The van der Waals surface area contributed by atoms with Crippen LogP contribution in [0.5, 0.6) is 0 Å². The van der Waals surface area contributed by atoms with Crippen molar-refractivity contribution < 1.29 is 9.53 Å². The zero-order valence-electron chi connectivity index (χ0n) is 15.3. The maximum Gasteiger partial charge on any atom is 0.224 e. The van der Waals surface area contributed by atoms with Crippen LogP contribution in [0.4, 0.5) is 0 Å². The monoisotopic (exact) mass is 395 g/mol. The summed E-state index contributed by atoms with van der Waals surface area (Å²) in [5.74, 6) is 1.20. The van der Waals surface area contributed by atoms with Crippen LogP contribution in [0.3, 0.4) is 0 Å². The second-order valence-corrected chi connectivity index (χ2v) is 7.47. The van der Waals surface area contributed by atoms with Crippen molar-refractivity contribution in [2.45, 2.75) is 51.0 Å². The van der Waals surface area contributed by atoms with Gasteiger partial charge in [-0.2, -0.15) is 0 Å². The van der Waals surface area contributed by atoms with E-state index in [-0.39, 0.29) is 30.9 Å². The Morgan fingerprint density at radius 3 is 2.52 bits per heavy atom. The summed E-state index contributed by atoms with van der Waals surface area (Å²) in [6, 6.07) is 0.206. The first-order valence-corrected chi connectivity index (χ1v) is 9.62. The SMILES string of the molecule is Cl.Cl.O=C(CC1COCCN1)N1CCCN(CC2CCCCC2)CC1. The Kier molecular flexibility index (Phi) is 11.3. The fraction of sp³-hybridized carbons (Fsp3) is 0.944. The molecule has 2 heterocycles. The van der Waals surface area contributed by atoms with Gasteiger partial charge in [-0.3, -0.25) is 4.79 Å². The number of carbonyl (C=O) groups excluding carboxylic acids is 1. The minimum Gasteiger partial charge on any atom is -0.378 e. The summed E-state index contributed by atoms with van der Waals surface area (Å²) in [6.07, 6.45) is 8.78. The summed E-state index contributed by atoms with van der Waals surface area (Å²) < 4.78 is 5.46. The van der Waals surface area contributed by atoms with Crippen LogP contribution in [0.15, 0.2) is 0 Å². The molecular formula is C18H35Cl2N3O2. The Morgan fingerprint density at radius 1 is 1.00 bits per heavy atom. The molecule has 3 aliphatic rings. The molecule has 3 fully saturated rings. The lowest BCUT2D eigenvalue weighted by molar-refractivity contribution is -0.132. The van der Waals surface area contributed by atoms with E-state index in [1.807, 2.05) is 0 Å². The largest absolute Gasteiger partial charge is 0.378 e. The van der Waals surface area contributed by atoms with Crippen molar-refractivity contribution in [1.82, 2.24) is 15.1 Å². The van der Waals surface area contributed by atoms with Gasteiger partial charge in [0.1, 0.15) is 0 Å². The molecule has 1 N–H and O–H groups in total. The Balaban J connectivity index is 0.00000156. The maximum atomic E-state index is 12.5. The number of carbonyl (C=O) groups is 1. The average molecular weight is 396 g/mol. The second-order valence-electron chi connectivity index (χ2n) is 7.47. The zero-order valence-corrected chi connectivity index (χ0v) is 16.9. The van der Waals surface area contributed by atoms with Crippen LogP contribution in [0.2, 0.25) is 0 Å². The van der Waals surface area contributed by atoms with Crippen molar-refractivity contribution >= 4 is 30.7 Å². The summed E-state index contributed by atoms with van der Waals surface area (Å²) in [4.78, 5) is 17.2. The van der Waals surface area contributed by atoms with E-state index in [1.54, 1.807) is 0 Å². The fourth-order valence-electron chi connectivity index (χ4n) is 4.23. The van der Waals surface area contributed by atoms with Crippen LogP contribution in [0, 0.1) is 5.92 Å². The van der Waals surface area contributed by atoms with E-state index in [9.17, 15) is 4.79 Å². The highest BCUT2D eigenvalue weighted by Gasteiger charge is 2.24. The summed E-state index contributed by atoms with van der Waals surface area (Å²) in [5, 5.41) is 3.38. The predicted octanol–water partition coefficient (Wildman–Crippen LogP) is 2.32. The smallest absolute Gasteiger partial charge is 0.224 e. The molecule has 7 heteroatoms. The van der Waals surface area contributed by atoms with Crippen LogP contribution in [-0.4, -0.2) is 74.2 Å². The third-order valence-electron chi connectivity index (χ3n) is 5.60. The molecule has 1 aliphatic carbocycles. The number of amides is 1. The van der Waals surface area contributed by atoms with E-state index in [1.165, 1.54) is 38.6 Å². The highest BCUT2D eigenvalue weighted by atomic mass is 35.5. The molecule has 0 bridgehead atoms. The number of hydrogen-bond donors (Lipinski definition) is 1. The molecule has 25 heavy (non-hydrogen) atoms. The van der Waals surface area contributed by atoms with Gasteiger partial charge in [0.05, 0.1) is 13.2 Å². The fourth-order valence-corrected chi connectivity index (χ4v) is 4.23. The van der Waals surface area contributed by atoms with Gasteiger partial charge in [0, 0.05) is 45.2 Å². The first-order chi connectivity index (χ1) is 11.3. The van der Waals surface area contributed by atoms with Crippen molar-refractivity contribution in [2.75, 3.05) is 52.5 Å². The average Bonchev–Trinajstić information content (AvgIpc) is 2.82. The van der Waals surface area contributed by atoms with Crippen molar-refractivity contribution in [1.29, 1.82) is 0 Å². The van der Waals surface area contributed by atoms with Gasteiger partial charge in [-0.15, -0.1) is 24.8 Å². The molecule has 2 saturated heterocycles. The molecule has 5 nitrogen and oxygen atoms in total. The lowest BCUT2D eigenvalue weighted by Gasteiger charge is -2.29. The molecule has 1 atom stereocenters. The van der Waals surface area contributed by atoms with Crippen LogP contribution < -0.4 is 5.32 Å². The number of nitrogens with zero attached hydrogens (tertiary/aromatic N) is 2. The summed E-state index contributed by atoms with van der Waals surface area (Å²) >= 11 is 0. The Bertz CT molecular complexity index is 375. The van der Waals surface area contributed by atoms with Gasteiger partial charge in [-0.25, -0.2) is 0 Å². The number of halogens is 2. The van der Waals surface area contributed by atoms with Crippen molar-refractivity contribution in [3.05, 3.63) is 0 Å². The third-order valence-corrected chi connectivity index (χ3v) is 5.60. The van der Waals surface area contributed by atoms with Crippen LogP contribution >= 0.6 is 24.8 Å². The number of rotatable bonds is 4. The summed E-state index contributed by atoms with van der Waals surface area (Å²) in [5.41, 5.74) is 0. The molecule has 1 saturated carbocycles. The van der Waals surface area contributed by atoms with E-state index in [4.69, 9.17) is 4.74 Å². The van der Waals surface area contributed by atoms with Crippen molar-refractivity contribution in [3.8, 4) is 0 Å². The first kappa shape index (κ1) is 23.0. The van der Waals surface area contributed by atoms with Gasteiger partial charge < -0.3 is 19.9 Å². The lowest BCUT2D eigenvalue weighted by atomic mass is 9.89. The molecule has 0 radical (unpaired) electrons. The molecule has 1 unspecified atom stereocenters. The Morgan fingerprint density at radius 2 is 1.80 bits per heavy atom. The molecule has 0 aromatic heterocycles. The standard InChI is InChI=1S/C18H33N3O2.2ClH/c22-18(13-17-15-23-12-7-19-17)21-9-4-8-20(10-11-21)14-16-5-2-1-3-6-16;;/h16-17,19H,1-15H2;2*1H. The van der Waals surface area contributed by atoms with Crippen LogP contribution in [0.25, 0.3) is 0 Å². The lowest BCUT2D eigenvalue weighted by Crippen LogP contribution is -2.45. The van der Waals surface area contributed by atoms with Gasteiger partial charge in [0.15, 0.2) is 0 Å². The topological polar surface area (TPSA) is 44.8 Å². The highest BCUT2D eigenvalue weighted by molar-refractivity contribution is 5.85. The predicted molar refractivity (Wildman–Crippen MR) is 106 cm³/mol. The van der Waals surface area contributed by atoms with Gasteiger partial charge in [-0.1, -0.05) is 19.3 Å². The first-order valence-electron chi connectivity index (χ1n) is 9.62. The molecule has 0 spiro atoms.